The summed E-state index contributed by atoms with van der Waals surface area (Å²) in [6.45, 7) is -0.507. The lowest BCUT2D eigenvalue weighted by molar-refractivity contribution is -0.141. The van der Waals surface area contributed by atoms with E-state index in [0.717, 1.165) is 0 Å². The van der Waals surface area contributed by atoms with Gasteiger partial charge in [0.2, 0.25) is 17.7 Å². The summed E-state index contributed by atoms with van der Waals surface area (Å²) < 4.78 is 0. The highest BCUT2D eigenvalue weighted by atomic mass is 16.4. The molecule has 0 aliphatic heterocycles. The predicted molar refractivity (Wildman–Crippen MR) is 106 cm³/mol. The van der Waals surface area contributed by atoms with Crippen LogP contribution in [0.1, 0.15) is 18.5 Å². The SMILES string of the molecule is NC(N)=NCCCC(N)C(=O)NCC(=O)NCC(=O)NC(Cc1cnc[nH]1)C(=O)O. The van der Waals surface area contributed by atoms with Crippen LogP contribution in [-0.2, 0) is 25.6 Å². The summed E-state index contributed by atoms with van der Waals surface area (Å²) in [7, 11) is 0. The number of aliphatic imine (C=N–C) groups is 1. The van der Waals surface area contributed by atoms with Crippen LogP contribution in [-0.4, -0.2) is 76.4 Å². The zero-order chi connectivity index (χ0) is 22.5. The van der Waals surface area contributed by atoms with Crippen molar-refractivity contribution < 1.29 is 24.3 Å². The Hall–Kier alpha value is -3.68. The molecule has 30 heavy (non-hydrogen) atoms. The molecule has 14 heteroatoms. The summed E-state index contributed by atoms with van der Waals surface area (Å²) in [5.41, 5.74) is 16.6. The van der Waals surface area contributed by atoms with Gasteiger partial charge in [-0.25, -0.2) is 9.78 Å². The number of aromatic amines is 1. The Morgan fingerprint density at radius 1 is 1.17 bits per heavy atom. The maximum atomic E-state index is 11.9. The summed E-state index contributed by atoms with van der Waals surface area (Å²) in [4.78, 5) is 57.0. The number of nitrogens with two attached hydrogens (primary N) is 3. The smallest absolute Gasteiger partial charge is 0.326 e. The number of aromatic nitrogens is 2. The van der Waals surface area contributed by atoms with Crippen LogP contribution in [0.3, 0.4) is 0 Å². The molecule has 11 N–H and O–H groups in total. The van der Waals surface area contributed by atoms with E-state index in [1.165, 1.54) is 12.5 Å². The second kappa shape index (κ2) is 12.7. The number of nitrogens with zero attached hydrogens (tertiary/aromatic N) is 2. The number of amides is 3. The van der Waals surface area contributed by atoms with Crippen molar-refractivity contribution in [2.45, 2.75) is 31.3 Å². The first-order chi connectivity index (χ1) is 14.2. The molecule has 2 atom stereocenters. The number of imidazole rings is 1. The minimum Gasteiger partial charge on any atom is -0.480 e. The van der Waals surface area contributed by atoms with Crippen LogP contribution in [0, 0.1) is 0 Å². The summed E-state index contributed by atoms with van der Waals surface area (Å²) in [6.07, 6.45) is 3.65. The molecule has 0 bridgehead atoms. The number of carbonyl (C=O) groups excluding carboxylic acids is 3. The van der Waals surface area contributed by atoms with Crippen LogP contribution in [0.2, 0.25) is 0 Å². The lowest BCUT2D eigenvalue weighted by atomic mass is 10.1. The molecule has 0 aliphatic carbocycles. The van der Waals surface area contributed by atoms with E-state index in [0.29, 0.717) is 25.1 Å². The number of hydrogen-bond acceptors (Lipinski definition) is 7. The van der Waals surface area contributed by atoms with Crippen molar-refractivity contribution in [3.8, 4) is 0 Å². The number of hydrogen-bond donors (Lipinski definition) is 8. The molecule has 0 radical (unpaired) electrons. The predicted octanol–water partition coefficient (Wildman–Crippen LogP) is -3.87. The van der Waals surface area contributed by atoms with E-state index < -0.39 is 42.3 Å². The topological polar surface area (TPSA) is 244 Å². The third-order valence-electron chi connectivity index (χ3n) is 3.79. The van der Waals surface area contributed by atoms with Crippen molar-refractivity contribution in [3.63, 3.8) is 0 Å². The Labute approximate surface area is 172 Å². The highest BCUT2D eigenvalue weighted by Gasteiger charge is 2.21. The summed E-state index contributed by atoms with van der Waals surface area (Å²) in [5, 5.41) is 16.1. The van der Waals surface area contributed by atoms with Crippen molar-refractivity contribution >= 4 is 29.7 Å². The zero-order valence-electron chi connectivity index (χ0n) is 16.3. The molecule has 166 valence electrons. The molecule has 0 fully saturated rings. The average Bonchev–Trinajstić information content (AvgIpc) is 3.20. The van der Waals surface area contributed by atoms with Gasteiger partial charge in [-0.1, -0.05) is 0 Å². The fourth-order valence-corrected chi connectivity index (χ4v) is 2.25. The lowest BCUT2D eigenvalue weighted by Crippen LogP contribution is -2.49. The molecule has 0 spiro atoms. The molecule has 0 aliphatic rings. The van der Waals surface area contributed by atoms with Crippen LogP contribution < -0.4 is 33.2 Å². The molecule has 14 nitrogen and oxygen atoms in total. The molecule has 3 amide bonds. The van der Waals surface area contributed by atoms with Crippen LogP contribution in [0.25, 0.3) is 0 Å². The molecule has 0 saturated heterocycles. The minimum atomic E-state index is -1.23. The molecule has 1 aromatic rings. The molecular formula is C16H27N9O5. The van der Waals surface area contributed by atoms with E-state index in [9.17, 15) is 24.3 Å². The molecule has 2 unspecified atom stereocenters. The Morgan fingerprint density at radius 2 is 1.87 bits per heavy atom. The first-order valence-corrected chi connectivity index (χ1v) is 9.03. The van der Waals surface area contributed by atoms with Gasteiger partial charge in [-0.2, -0.15) is 0 Å². The van der Waals surface area contributed by atoms with Crippen LogP contribution >= 0.6 is 0 Å². The molecule has 1 heterocycles. The van der Waals surface area contributed by atoms with E-state index in [1.54, 1.807) is 0 Å². The van der Waals surface area contributed by atoms with Crippen molar-refractivity contribution in [3.05, 3.63) is 18.2 Å². The van der Waals surface area contributed by atoms with Crippen molar-refractivity contribution in [1.29, 1.82) is 0 Å². The number of guanidine groups is 1. The van der Waals surface area contributed by atoms with Gasteiger partial charge in [0.15, 0.2) is 5.96 Å². The Morgan fingerprint density at radius 3 is 2.47 bits per heavy atom. The number of carbonyl (C=O) groups is 4. The number of carboxylic acid groups (broad SMARTS) is 1. The molecule has 1 aromatic heterocycles. The van der Waals surface area contributed by atoms with Gasteiger partial charge in [-0.05, 0) is 12.8 Å². The van der Waals surface area contributed by atoms with Gasteiger partial charge in [0, 0.05) is 24.9 Å². The standard InChI is InChI=1S/C16H27N9O5/c17-10(2-1-3-21-16(18)19)14(28)23-6-12(26)22-7-13(27)25-11(15(29)30)4-9-5-20-8-24-9/h5,8,10-11H,1-4,6-7,17H2,(H,20,24)(H,22,26)(H,23,28)(H,25,27)(H,29,30)(H4,18,19,21). The Bertz CT molecular complexity index is 746. The molecular weight excluding hydrogens is 398 g/mol. The lowest BCUT2D eigenvalue weighted by Gasteiger charge is -2.14. The first kappa shape index (κ1) is 24.4. The number of H-pyrrole nitrogens is 1. The summed E-state index contributed by atoms with van der Waals surface area (Å²) >= 11 is 0. The third kappa shape index (κ3) is 10.0. The van der Waals surface area contributed by atoms with Gasteiger partial charge >= 0.3 is 5.97 Å². The van der Waals surface area contributed by atoms with Crippen LogP contribution in [0.5, 0.6) is 0 Å². The molecule has 1 rings (SSSR count). The van der Waals surface area contributed by atoms with Crippen LogP contribution in [0.15, 0.2) is 17.5 Å². The van der Waals surface area contributed by atoms with E-state index in [2.05, 4.69) is 30.9 Å². The van der Waals surface area contributed by atoms with E-state index in [1.807, 2.05) is 0 Å². The fourth-order valence-electron chi connectivity index (χ4n) is 2.25. The second-order valence-corrected chi connectivity index (χ2v) is 6.29. The zero-order valence-corrected chi connectivity index (χ0v) is 16.3. The molecule has 0 saturated carbocycles. The van der Waals surface area contributed by atoms with Crippen molar-refractivity contribution in [2.75, 3.05) is 19.6 Å². The monoisotopic (exact) mass is 425 g/mol. The summed E-state index contributed by atoms with van der Waals surface area (Å²) in [5.74, 6) is -3.15. The van der Waals surface area contributed by atoms with Gasteiger partial charge in [0.1, 0.15) is 6.04 Å². The van der Waals surface area contributed by atoms with Crippen molar-refractivity contribution in [2.24, 2.45) is 22.2 Å². The van der Waals surface area contributed by atoms with Gasteiger partial charge in [0.25, 0.3) is 0 Å². The van der Waals surface area contributed by atoms with E-state index in [-0.39, 0.29) is 18.9 Å². The minimum absolute atomic E-state index is 0.00610. The van der Waals surface area contributed by atoms with E-state index >= 15 is 0 Å². The molecule has 0 aromatic carbocycles. The fraction of sp³-hybridized carbons (Fsp3) is 0.500. The maximum absolute atomic E-state index is 11.9. The van der Waals surface area contributed by atoms with Crippen LogP contribution in [0.4, 0.5) is 0 Å². The van der Waals surface area contributed by atoms with E-state index in [4.69, 9.17) is 17.2 Å². The number of nitrogens with one attached hydrogen (secondary N) is 4. The Kier molecular flexibility index (Phi) is 10.3. The number of rotatable bonds is 13. The quantitative estimate of drug-likeness (QED) is 0.0873. The summed E-state index contributed by atoms with van der Waals surface area (Å²) in [6, 6.07) is -2.03. The van der Waals surface area contributed by atoms with Gasteiger partial charge in [0.05, 0.1) is 25.5 Å². The number of carboxylic acids is 1. The second-order valence-electron chi connectivity index (χ2n) is 6.29. The van der Waals surface area contributed by atoms with Gasteiger partial charge < -0.3 is 43.2 Å². The highest BCUT2D eigenvalue weighted by Crippen LogP contribution is 1.99. The highest BCUT2D eigenvalue weighted by molar-refractivity contribution is 5.90. The van der Waals surface area contributed by atoms with Gasteiger partial charge in [-0.3, -0.25) is 19.4 Å². The Balaban J connectivity index is 2.29. The average molecular weight is 425 g/mol. The van der Waals surface area contributed by atoms with Crippen molar-refractivity contribution in [1.82, 2.24) is 25.9 Å². The first-order valence-electron chi connectivity index (χ1n) is 9.03. The largest absolute Gasteiger partial charge is 0.480 e. The normalized spacial score (nSPS) is 12.3. The number of aliphatic carboxylic acids is 1. The third-order valence-corrected chi connectivity index (χ3v) is 3.79. The maximum Gasteiger partial charge on any atom is 0.326 e. The van der Waals surface area contributed by atoms with Gasteiger partial charge in [-0.15, -0.1) is 0 Å².